The van der Waals surface area contributed by atoms with Gasteiger partial charge >= 0.3 is 5.97 Å². The van der Waals surface area contributed by atoms with Gasteiger partial charge in [0.2, 0.25) is 0 Å². The first kappa shape index (κ1) is 17.6. The second-order valence-electron chi connectivity index (χ2n) is 6.13. The van der Waals surface area contributed by atoms with Gasteiger partial charge < -0.3 is 9.47 Å². The normalized spacial score (nSPS) is 13.4. The minimum atomic E-state index is -0.769. The number of thiophene rings is 1. The second kappa shape index (κ2) is 6.41. The number of hydrogen-bond donors (Lipinski definition) is 0. The van der Waals surface area contributed by atoms with E-state index < -0.39 is 17.7 Å². The predicted octanol–water partition coefficient (Wildman–Crippen LogP) is 4.55. The third-order valence-corrected chi connectivity index (χ3v) is 5.22. The minimum absolute atomic E-state index is 0.399. The zero-order valence-corrected chi connectivity index (χ0v) is 16.6. The second-order valence-corrected chi connectivity index (χ2v) is 8.45. The lowest BCUT2D eigenvalue weighted by Crippen LogP contribution is -2.29. The number of ether oxygens (including phenoxy) is 2. The van der Waals surface area contributed by atoms with E-state index in [1.54, 1.807) is 11.3 Å². The lowest BCUT2D eigenvalue weighted by Gasteiger charge is -2.27. The summed E-state index contributed by atoms with van der Waals surface area (Å²) in [6.45, 7) is 9.73. The average Bonchev–Trinajstić information content (AvgIpc) is 2.76. The number of pyridine rings is 1. The van der Waals surface area contributed by atoms with E-state index in [4.69, 9.17) is 9.47 Å². The third-order valence-electron chi connectivity index (χ3n) is 3.12. The van der Waals surface area contributed by atoms with Gasteiger partial charge in [0.05, 0.1) is 12.7 Å². The lowest BCUT2D eigenvalue weighted by atomic mass is 10.0. The molecule has 0 N–H and O–H groups in total. The molecule has 22 heavy (non-hydrogen) atoms. The Morgan fingerprint density at radius 3 is 2.55 bits per heavy atom. The number of nitrogens with zero attached hydrogens (tertiary/aromatic N) is 1. The summed E-state index contributed by atoms with van der Waals surface area (Å²) >= 11 is 3.93. The van der Waals surface area contributed by atoms with Crippen LogP contribution in [0.5, 0.6) is 0 Å². The topological polar surface area (TPSA) is 48.4 Å². The molecule has 0 fully saturated rings. The van der Waals surface area contributed by atoms with Gasteiger partial charge in [-0.15, -0.1) is 11.3 Å². The fourth-order valence-corrected chi connectivity index (χ4v) is 4.45. The summed E-state index contributed by atoms with van der Waals surface area (Å²) in [4.78, 5) is 19.1. The summed E-state index contributed by atoms with van der Waals surface area (Å²) in [6, 6.07) is 2.10. The summed E-state index contributed by atoms with van der Waals surface area (Å²) < 4.78 is 11.9. The fourth-order valence-electron chi connectivity index (χ4n) is 2.25. The molecule has 0 saturated heterocycles. The highest BCUT2D eigenvalue weighted by Crippen LogP contribution is 2.36. The van der Waals surface area contributed by atoms with Crippen molar-refractivity contribution >= 4 is 50.1 Å². The molecule has 0 aliphatic heterocycles. The third kappa shape index (κ3) is 3.60. The van der Waals surface area contributed by atoms with Crippen LogP contribution in [-0.2, 0) is 14.3 Å². The monoisotopic (exact) mass is 433 g/mol. The van der Waals surface area contributed by atoms with Crippen LogP contribution in [-0.4, -0.2) is 23.7 Å². The van der Waals surface area contributed by atoms with Crippen LogP contribution in [0.15, 0.2) is 6.07 Å². The molecule has 0 aliphatic rings. The highest BCUT2D eigenvalue weighted by Gasteiger charge is 2.32. The Morgan fingerprint density at radius 1 is 1.36 bits per heavy atom. The summed E-state index contributed by atoms with van der Waals surface area (Å²) in [5, 5.41) is 1.06. The van der Waals surface area contributed by atoms with Crippen LogP contribution in [0.25, 0.3) is 10.2 Å². The van der Waals surface area contributed by atoms with Gasteiger partial charge in [-0.3, -0.25) is 0 Å². The Kier molecular flexibility index (Phi) is 5.13. The molecule has 2 aromatic heterocycles. The fraction of sp³-hybridized carbons (Fsp3) is 0.500. The molecule has 2 heterocycles. The van der Waals surface area contributed by atoms with Crippen molar-refractivity contribution in [1.82, 2.24) is 4.98 Å². The van der Waals surface area contributed by atoms with Crippen molar-refractivity contribution in [2.24, 2.45) is 0 Å². The number of halogens is 1. The molecule has 6 heteroatoms. The number of hydrogen-bond acceptors (Lipinski definition) is 5. The van der Waals surface area contributed by atoms with Crippen molar-refractivity contribution in [2.45, 2.75) is 46.3 Å². The van der Waals surface area contributed by atoms with Gasteiger partial charge in [0.1, 0.15) is 4.83 Å². The Labute approximate surface area is 148 Å². The molecule has 4 nitrogen and oxygen atoms in total. The highest BCUT2D eigenvalue weighted by atomic mass is 127. The van der Waals surface area contributed by atoms with Gasteiger partial charge in [-0.2, -0.15) is 0 Å². The largest absolute Gasteiger partial charge is 0.467 e. The first-order valence-electron chi connectivity index (χ1n) is 6.96. The van der Waals surface area contributed by atoms with Crippen molar-refractivity contribution in [1.29, 1.82) is 0 Å². The van der Waals surface area contributed by atoms with Crippen molar-refractivity contribution in [3.63, 3.8) is 0 Å². The number of carbonyl (C=O) groups is 1. The quantitative estimate of drug-likeness (QED) is 0.527. The molecule has 0 saturated carbocycles. The summed E-state index contributed by atoms with van der Waals surface area (Å²) in [5.74, 6) is -0.399. The smallest absolute Gasteiger partial charge is 0.339 e. The molecule has 0 amide bonds. The summed E-state index contributed by atoms with van der Waals surface area (Å²) in [6.07, 6.45) is -0.769. The van der Waals surface area contributed by atoms with Crippen molar-refractivity contribution in [2.75, 3.05) is 7.11 Å². The molecule has 2 rings (SSSR count). The van der Waals surface area contributed by atoms with Gasteiger partial charge in [0, 0.05) is 25.1 Å². The van der Waals surface area contributed by atoms with E-state index in [9.17, 15) is 4.79 Å². The maximum Gasteiger partial charge on any atom is 0.339 e. The molecule has 0 radical (unpaired) electrons. The van der Waals surface area contributed by atoms with Crippen molar-refractivity contribution in [3.05, 3.63) is 25.8 Å². The number of esters is 1. The van der Waals surface area contributed by atoms with Crippen LogP contribution in [0.4, 0.5) is 0 Å². The van der Waals surface area contributed by atoms with Crippen LogP contribution in [0.2, 0.25) is 0 Å². The van der Waals surface area contributed by atoms with Gasteiger partial charge in [0.25, 0.3) is 0 Å². The van der Waals surface area contributed by atoms with Crippen LogP contribution in [0.3, 0.4) is 0 Å². The molecule has 0 aliphatic carbocycles. The minimum Gasteiger partial charge on any atom is -0.467 e. The average molecular weight is 433 g/mol. The molecule has 0 aromatic carbocycles. The zero-order chi connectivity index (χ0) is 16.7. The van der Waals surface area contributed by atoms with Crippen molar-refractivity contribution in [3.8, 4) is 0 Å². The van der Waals surface area contributed by atoms with Gasteiger partial charge in [0.15, 0.2) is 6.10 Å². The molecule has 0 bridgehead atoms. The number of methoxy groups -OCH3 is 1. The maximum atomic E-state index is 12.3. The van der Waals surface area contributed by atoms with Crippen molar-refractivity contribution < 1.29 is 14.3 Å². The summed E-state index contributed by atoms with van der Waals surface area (Å²) in [5.41, 5.74) is 1.14. The Morgan fingerprint density at radius 2 is 2.00 bits per heavy atom. The highest BCUT2D eigenvalue weighted by molar-refractivity contribution is 14.1. The molecule has 0 spiro atoms. The Balaban J connectivity index is 2.64. The van der Waals surface area contributed by atoms with Crippen LogP contribution in [0, 0.1) is 17.4 Å². The number of carbonyl (C=O) groups excluding carboxylic acids is 1. The molecule has 1 unspecified atom stereocenters. The molecule has 2 aromatic rings. The first-order chi connectivity index (χ1) is 10.1. The maximum absolute atomic E-state index is 12.3. The number of rotatable bonds is 3. The van der Waals surface area contributed by atoms with E-state index in [-0.39, 0.29) is 0 Å². The first-order valence-corrected chi connectivity index (χ1v) is 8.85. The zero-order valence-electron chi connectivity index (χ0n) is 13.6. The number of aryl methyl sites for hydroxylation is 2. The van der Waals surface area contributed by atoms with E-state index in [2.05, 4.69) is 40.6 Å². The standard InChI is InChI=1S/C16H20INO3S/c1-8-7-10-12(17)11(9(2)18-14(10)22-8)13(15(19)20-6)21-16(3,4)5/h7,13H,1-6H3. The number of fused-ring (bicyclic) bond motifs is 1. The van der Waals surface area contributed by atoms with Crippen LogP contribution < -0.4 is 0 Å². The van der Waals surface area contributed by atoms with E-state index >= 15 is 0 Å². The Bertz CT molecular complexity index is 718. The lowest BCUT2D eigenvalue weighted by molar-refractivity contribution is -0.164. The predicted molar refractivity (Wildman–Crippen MR) is 97.4 cm³/mol. The van der Waals surface area contributed by atoms with E-state index in [0.717, 1.165) is 25.0 Å². The van der Waals surface area contributed by atoms with E-state index in [0.29, 0.717) is 0 Å². The van der Waals surface area contributed by atoms with Gasteiger partial charge in [-0.05, 0) is 63.3 Å². The molecular formula is C16H20INO3S. The molecular weight excluding hydrogens is 413 g/mol. The Hall–Kier alpha value is -0.730. The summed E-state index contributed by atoms with van der Waals surface area (Å²) in [7, 11) is 1.38. The van der Waals surface area contributed by atoms with E-state index in [1.807, 2.05) is 27.7 Å². The van der Waals surface area contributed by atoms with Gasteiger partial charge in [-0.25, -0.2) is 9.78 Å². The molecule has 1 atom stereocenters. The van der Waals surface area contributed by atoms with E-state index in [1.165, 1.54) is 12.0 Å². The SMILES string of the molecule is COC(=O)C(OC(C)(C)C)c1c(C)nc2sc(C)cc2c1I. The van der Waals surface area contributed by atoms with Crippen LogP contribution >= 0.6 is 33.9 Å². The number of aromatic nitrogens is 1. The van der Waals surface area contributed by atoms with Gasteiger partial charge in [-0.1, -0.05) is 0 Å². The van der Waals surface area contributed by atoms with Crippen LogP contribution in [0.1, 0.15) is 43.0 Å². The molecule has 120 valence electrons.